The monoisotopic (exact) mass is 238 g/mol. The number of hydrogen-bond donors (Lipinski definition) is 1. The molecule has 0 saturated heterocycles. The van der Waals surface area contributed by atoms with Gasteiger partial charge in [-0.25, -0.2) is 0 Å². The molecule has 0 aliphatic heterocycles. The molecule has 0 saturated carbocycles. The van der Waals surface area contributed by atoms with Gasteiger partial charge in [-0.05, 0) is 38.8 Å². The Labute approximate surface area is 103 Å². The Hall–Kier alpha value is -1.38. The minimum absolute atomic E-state index is 0.0579. The van der Waals surface area contributed by atoms with Crippen LogP contribution in [-0.4, -0.2) is 17.3 Å². The van der Waals surface area contributed by atoms with Crippen molar-refractivity contribution in [3.63, 3.8) is 0 Å². The molecule has 1 N–H and O–H groups in total. The average Bonchev–Trinajstić information content (AvgIpc) is 2.33. The molecule has 0 aromatic heterocycles. The Balaban J connectivity index is 2.91. The van der Waals surface area contributed by atoms with Gasteiger partial charge in [0.05, 0.1) is 12.2 Å². The van der Waals surface area contributed by atoms with Crippen LogP contribution < -0.4 is 9.47 Å². The van der Waals surface area contributed by atoms with Crippen molar-refractivity contribution in [2.45, 2.75) is 52.7 Å². The first kappa shape index (κ1) is 13.7. The second kappa shape index (κ2) is 6.38. The zero-order valence-electron chi connectivity index (χ0n) is 11.1. The minimum Gasteiger partial charge on any atom is -0.504 e. The van der Waals surface area contributed by atoms with Crippen LogP contribution in [0.3, 0.4) is 0 Å². The van der Waals surface area contributed by atoms with Crippen LogP contribution in [0.2, 0.25) is 0 Å². The molecule has 0 fully saturated rings. The molecule has 3 heteroatoms. The lowest BCUT2D eigenvalue weighted by atomic mass is 10.2. The van der Waals surface area contributed by atoms with Crippen LogP contribution in [-0.2, 0) is 0 Å². The molecule has 0 spiro atoms. The van der Waals surface area contributed by atoms with Crippen molar-refractivity contribution in [3.05, 3.63) is 18.2 Å². The van der Waals surface area contributed by atoms with Crippen molar-refractivity contribution in [2.75, 3.05) is 0 Å². The van der Waals surface area contributed by atoms with E-state index in [-0.39, 0.29) is 18.0 Å². The third-order valence-corrected chi connectivity index (χ3v) is 2.76. The fraction of sp³-hybridized carbons (Fsp3) is 0.571. The van der Waals surface area contributed by atoms with Gasteiger partial charge in [-0.3, -0.25) is 0 Å². The van der Waals surface area contributed by atoms with Crippen LogP contribution in [0.4, 0.5) is 0 Å². The van der Waals surface area contributed by atoms with Crippen LogP contribution in [0.25, 0.3) is 0 Å². The fourth-order valence-electron chi connectivity index (χ4n) is 1.30. The third-order valence-electron chi connectivity index (χ3n) is 2.76. The maximum atomic E-state index is 9.82. The summed E-state index contributed by atoms with van der Waals surface area (Å²) >= 11 is 0. The van der Waals surface area contributed by atoms with E-state index in [2.05, 4.69) is 6.92 Å². The number of phenolic OH excluding ortho intramolecular Hbond substituents is 1. The maximum absolute atomic E-state index is 9.82. The lowest BCUT2D eigenvalue weighted by Gasteiger charge is -2.19. The van der Waals surface area contributed by atoms with Gasteiger partial charge in [0.25, 0.3) is 0 Å². The highest BCUT2D eigenvalue weighted by Crippen LogP contribution is 2.37. The van der Waals surface area contributed by atoms with Gasteiger partial charge in [0.15, 0.2) is 11.5 Å². The van der Waals surface area contributed by atoms with E-state index in [0.717, 1.165) is 12.8 Å². The lowest BCUT2D eigenvalue weighted by molar-refractivity contribution is 0.171. The van der Waals surface area contributed by atoms with Crippen LogP contribution in [0.1, 0.15) is 40.5 Å². The molecule has 0 radical (unpaired) electrons. The van der Waals surface area contributed by atoms with E-state index in [1.807, 2.05) is 26.8 Å². The predicted octanol–water partition coefficient (Wildman–Crippen LogP) is 3.75. The number of phenols is 1. The van der Waals surface area contributed by atoms with Crippen molar-refractivity contribution in [3.8, 4) is 17.2 Å². The summed E-state index contributed by atoms with van der Waals surface area (Å²) in [7, 11) is 0. The SMILES string of the molecule is CCC(C)Oc1cccc(O)c1OC(C)CC. The first-order valence-corrected chi connectivity index (χ1v) is 6.23. The molecule has 2 unspecified atom stereocenters. The number of ether oxygens (including phenoxy) is 2. The number of rotatable bonds is 6. The average molecular weight is 238 g/mol. The molecular formula is C14H22O3. The zero-order chi connectivity index (χ0) is 12.8. The van der Waals surface area contributed by atoms with Crippen LogP contribution in [0.5, 0.6) is 17.2 Å². The van der Waals surface area contributed by atoms with E-state index >= 15 is 0 Å². The lowest BCUT2D eigenvalue weighted by Crippen LogP contribution is -2.14. The van der Waals surface area contributed by atoms with E-state index in [0.29, 0.717) is 11.5 Å². The van der Waals surface area contributed by atoms with Crippen LogP contribution in [0.15, 0.2) is 18.2 Å². The predicted molar refractivity (Wildman–Crippen MR) is 68.9 cm³/mol. The van der Waals surface area contributed by atoms with E-state index in [1.165, 1.54) is 0 Å². The summed E-state index contributed by atoms with van der Waals surface area (Å²) in [4.78, 5) is 0. The normalized spacial score (nSPS) is 14.1. The van der Waals surface area contributed by atoms with Gasteiger partial charge in [0, 0.05) is 0 Å². The highest BCUT2D eigenvalue weighted by Gasteiger charge is 2.14. The highest BCUT2D eigenvalue weighted by molar-refractivity contribution is 5.50. The summed E-state index contributed by atoms with van der Waals surface area (Å²) in [6.07, 6.45) is 1.97. The highest BCUT2D eigenvalue weighted by atomic mass is 16.5. The Morgan fingerprint density at radius 1 is 1.06 bits per heavy atom. The number of aromatic hydroxyl groups is 1. The molecule has 0 bridgehead atoms. The number of benzene rings is 1. The molecular weight excluding hydrogens is 216 g/mol. The molecule has 96 valence electrons. The van der Waals surface area contributed by atoms with Crippen molar-refractivity contribution < 1.29 is 14.6 Å². The van der Waals surface area contributed by atoms with Gasteiger partial charge in [-0.1, -0.05) is 19.9 Å². The zero-order valence-corrected chi connectivity index (χ0v) is 11.1. The molecule has 1 aromatic carbocycles. The maximum Gasteiger partial charge on any atom is 0.203 e. The molecule has 0 aliphatic carbocycles. The molecule has 1 rings (SSSR count). The molecule has 3 nitrogen and oxygen atoms in total. The van der Waals surface area contributed by atoms with Gasteiger partial charge in [0.2, 0.25) is 5.75 Å². The quantitative estimate of drug-likeness (QED) is 0.820. The smallest absolute Gasteiger partial charge is 0.203 e. The third kappa shape index (κ3) is 3.84. The van der Waals surface area contributed by atoms with E-state index < -0.39 is 0 Å². The van der Waals surface area contributed by atoms with Crippen molar-refractivity contribution in [1.29, 1.82) is 0 Å². The summed E-state index contributed by atoms with van der Waals surface area (Å²) in [5.41, 5.74) is 0. The van der Waals surface area contributed by atoms with E-state index in [4.69, 9.17) is 9.47 Å². The van der Waals surface area contributed by atoms with Gasteiger partial charge >= 0.3 is 0 Å². The van der Waals surface area contributed by atoms with E-state index in [1.54, 1.807) is 12.1 Å². The first-order valence-electron chi connectivity index (χ1n) is 6.23. The molecule has 2 atom stereocenters. The van der Waals surface area contributed by atoms with Crippen molar-refractivity contribution in [1.82, 2.24) is 0 Å². The van der Waals surface area contributed by atoms with Crippen molar-refractivity contribution >= 4 is 0 Å². The summed E-state index contributed by atoms with van der Waals surface area (Å²) in [5.74, 6) is 1.19. The largest absolute Gasteiger partial charge is 0.504 e. The summed E-state index contributed by atoms with van der Waals surface area (Å²) in [5, 5.41) is 9.82. The summed E-state index contributed by atoms with van der Waals surface area (Å²) < 4.78 is 11.4. The van der Waals surface area contributed by atoms with Gasteiger partial charge in [-0.2, -0.15) is 0 Å². The van der Waals surface area contributed by atoms with Crippen LogP contribution in [0, 0.1) is 0 Å². The molecule has 17 heavy (non-hydrogen) atoms. The Morgan fingerprint density at radius 2 is 1.65 bits per heavy atom. The molecule has 0 aliphatic rings. The molecule has 1 aromatic rings. The van der Waals surface area contributed by atoms with Crippen LogP contribution >= 0.6 is 0 Å². The van der Waals surface area contributed by atoms with Gasteiger partial charge in [0.1, 0.15) is 0 Å². The van der Waals surface area contributed by atoms with Crippen molar-refractivity contribution in [2.24, 2.45) is 0 Å². The Kier molecular flexibility index (Phi) is 5.13. The van der Waals surface area contributed by atoms with Gasteiger partial charge < -0.3 is 14.6 Å². The Morgan fingerprint density at radius 3 is 2.24 bits per heavy atom. The van der Waals surface area contributed by atoms with Gasteiger partial charge in [-0.15, -0.1) is 0 Å². The Bertz CT molecular complexity index is 349. The first-order chi connectivity index (χ1) is 8.08. The second-order valence-electron chi connectivity index (χ2n) is 4.28. The topological polar surface area (TPSA) is 38.7 Å². The molecule has 0 heterocycles. The number of hydrogen-bond acceptors (Lipinski definition) is 3. The minimum atomic E-state index is 0.0579. The number of para-hydroxylation sites is 1. The van der Waals surface area contributed by atoms with E-state index in [9.17, 15) is 5.11 Å². The summed E-state index contributed by atoms with van der Waals surface area (Å²) in [6, 6.07) is 5.20. The fourth-order valence-corrected chi connectivity index (χ4v) is 1.30. The molecule has 0 amide bonds. The standard InChI is InChI=1S/C14H22O3/c1-5-10(3)16-13-9-7-8-12(15)14(13)17-11(4)6-2/h7-11,15H,5-6H2,1-4H3. The summed E-state index contributed by atoms with van der Waals surface area (Å²) in [6.45, 7) is 8.07. The second-order valence-corrected chi connectivity index (χ2v) is 4.28.